The number of carbonyl (C=O) groups excluding carboxylic acids is 3. The predicted octanol–water partition coefficient (Wildman–Crippen LogP) is 0.890. The van der Waals surface area contributed by atoms with E-state index in [1.54, 1.807) is 19.2 Å². The summed E-state index contributed by atoms with van der Waals surface area (Å²) in [5.74, 6) is -1.98. The first-order valence-corrected chi connectivity index (χ1v) is 5.95. The van der Waals surface area contributed by atoms with Crippen molar-refractivity contribution in [2.24, 2.45) is 5.92 Å². The van der Waals surface area contributed by atoms with Gasteiger partial charge in [-0.1, -0.05) is 0 Å². The van der Waals surface area contributed by atoms with Gasteiger partial charge >= 0.3 is 17.9 Å². The zero-order valence-electron chi connectivity index (χ0n) is 10.4. The third-order valence-corrected chi connectivity index (χ3v) is 2.75. The van der Waals surface area contributed by atoms with Gasteiger partial charge in [0.15, 0.2) is 0 Å². The van der Waals surface area contributed by atoms with Gasteiger partial charge in [-0.25, -0.2) is 4.79 Å². The number of hydrogen-bond acceptors (Lipinski definition) is 6. The quantitative estimate of drug-likeness (QED) is 0.592. The Labute approximate surface area is 109 Å². The van der Waals surface area contributed by atoms with E-state index in [1.807, 2.05) is 0 Å². The van der Waals surface area contributed by atoms with Crippen LogP contribution in [0.2, 0.25) is 0 Å². The zero-order chi connectivity index (χ0) is 13.8. The lowest BCUT2D eigenvalue weighted by Crippen LogP contribution is -2.12. The molecule has 0 radical (unpaired) electrons. The third kappa shape index (κ3) is 3.15. The Morgan fingerprint density at radius 3 is 2.89 bits per heavy atom. The smallest absolute Gasteiger partial charge is 0.339 e. The third-order valence-electron chi connectivity index (χ3n) is 2.75. The molecule has 1 fully saturated rings. The molecular weight excluding hydrogens is 250 g/mol. The van der Waals surface area contributed by atoms with E-state index in [2.05, 4.69) is 9.72 Å². The Hall–Kier alpha value is -2.24. The topological polar surface area (TPSA) is 82.6 Å². The van der Waals surface area contributed by atoms with Gasteiger partial charge in [0.05, 0.1) is 24.5 Å². The van der Waals surface area contributed by atoms with E-state index >= 15 is 0 Å². The zero-order valence-corrected chi connectivity index (χ0v) is 10.4. The van der Waals surface area contributed by atoms with Crippen molar-refractivity contribution in [2.75, 3.05) is 6.61 Å². The maximum atomic E-state index is 11.5. The van der Waals surface area contributed by atoms with Gasteiger partial charge in [0.1, 0.15) is 0 Å². The molecule has 1 unspecified atom stereocenters. The van der Waals surface area contributed by atoms with Crippen molar-refractivity contribution in [3.63, 3.8) is 0 Å². The summed E-state index contributed by atoms with van der Waals surface area (Å²) in [6, 6.07) is 1.61. The lowest BCUT2D eigenvalue weighted by molar-refractivity contribution is -0.153. The second-order valence-electron chi connectivity index (χ2n) is 4.20. The van der Waals surface area contributed by atoms with E-state index in [1.165, 1.54) is 6.20 Å². The summed E-state index contributed by atoms with van der Waals surface area (Å²) in [5.41, 5.74) is 1.03. The van der Waals surface area contributed by atoms with Gasteiger partial charge in [-0.05, 0) is 25.0 Å². The highest BCUT2D eigenvalue weighted by Gasteiger charge is 2.33. The van der Waals surface area contributed by atoms with Gasteiger partial charge < -0.3 is 9.47 Å². The lowest BCUT2D eigenvalue weighted by Gasteiger charge is -2.06. The summed E-state index contributed by atoms with van der Waals surface area (Å²) < 4.78 is 9.34. The van der Waals surface area contributed by atoms with Crippen molar-refractivity contribution in [3.8, 4) is 0 Å². The van der Waals surface area contributed by atoms with Crippen molar-refractivity contribution in [1.29, 1.82) is 0 Å². The standard InChI is InChI=1S/C13H13NO5/c1-2-18-12(16)10-4-8(6-14-7-10)3-9-5-11(15)19-13(9)17/h4,6-7,9H,2-3,5H2,1H3. The summed E-state index contributed by atoms with van der Waals surface area (Å²) in [6.45, 7) is 2.00. The molecule has 100 valence electrons. The molecule has 0 N–H and O–H groups in total. The number of aromatic nitrogens is 1. The average Bonchev–Trinajstić information content (AvgIpc) is 2.68. The number of esters is 3. The second-order valence-corrected chi connectivity index (χ2v) is 4.20. The molecule has 1 aromatic rings. The molecule has 1 saturated heterocycles. The van der Waals surface area contributed by atoms with Crippen LogP contribution in [0.25, 0.3) is 0 Å². The number of ether oxygens (including phenoxy) is 2. The van der Waals surface area contributed by atoms with Crippen molar-refractivity contribution in [2.45, 2.75) is 19.8 Å². The summed E-state index contributed by atoms with van der Waals surface area (Å²) in [5, 5.41) is 0. The van der Waals surface area contributed by atoms with E-state index in [9.17, 15) is 14.4 Å². The predicted molar refractivity (Wildman–Crippen MR) is 63.1 cm³/mol. The Bertz CT molecular complexity index is 526. The molecule has 0 aliphatic carbocycles. The van der Waals surface area contributed by atoms with Crippen molar-refractivity contribution >= 4 is 17.9 Å². The van der Waals surface area contributed by atoms with E-state index in [4.69, 9.17) is 4.74 Å². The van der Waals surface area contributed by atoms with Crippen molar-refractivity contribution in [3.05, 3.63) is 29.6 Å². The molecule has 1 aromatic heterocycles. The van der Waals surface area contributed by atoms with Crippen LogP contribution >= 0.6 is 0 Å². The van der Waals surface area contributed by atoms with Crippen LogP contribution in [0.1, 0.15) is 29.3 Å². The van der Waals surface area contributed by atoms with Gasteiger partial charge in [0, 0.05) is 12.4 Å². The Morgan fingerprint density at radius 1 is 1.47 bits per heavy atom. The molecule has 6 heteroatoms. The minimum atomic E-state index is -0.522. The number of carbonyl (C=O) groups is 3. The van der Waals surface area contributed by atoms with Gasteiger partial charge in [0.25, 0.3) is 0 Å². The van der Waals surface area contributed by atoms with E-state index in [0.717, 1.165) is 0 Å². The Balaban J connectivity index is 2.09. The number of pyridine rings is 1. The van der Waals surface area contributed by atoms with E-state index < -0.39 is 23.8 Å². The van der Waals surface area contributed by atoms with Crippen LogP contribution < -0.4 is 0 Å². The molecule has 0 aromatic carbocycles. The normalized spacial score (nSPS) is 18.3. The summed E-state index contributed by atoms with van der Waals surface area (Å²) >= 11 is 0. The summed E-state index contributed by atoms with van der Waals surface area (Å²) in [7, 11) is 0. The molecule has 0 saturated carbocycles. The minimum Gasteiger partial charge on any atom is -0.462 e. The number of cyclic esters (lactones) is 2. The van der Waals surface area contributed by atoms with Gasteiger partial charge in [0.2, 0.25) is 0 Å². The minimum absolute atomic E-state index is 0.0719. The summed E-state index contributed by atoms with van der Waals surface area (Å²) in [6.07, 6.45) is 3.35. The number of hydrogen-bond donors (Lipinski definition) is 0. The van der Waals surface area contributed by atoms with Crippen LogP contribution in [0, 0.1) is 5.92 Å². The molecule has 2 heterocycles. The highest BCUT2D eigenvalue weighted by Crippen LogP contribution is 2.21. The molecule has 0 spiro atoms. The monoisotopic (exact) mass is 263 g/mol. The van der Waals surface area contributed by atoms with E-state index in [-0.39, 0.29) is 13.0 Å². The maximum Gasteiger partial charge on any atom is 0.339 e. The number of rotatable bonds is 4. The largest absolute Gasteiger partial charge is 0.462 e. The van der Waals surface area contributed by atoms with Crippen LogP contribution in [0.5, 0.6) is 0 Å². The first kappa shape index (κ1) is 13.2. The van der Waals surface area contributed by atoms with Crippen LogP contribution in [0.3, 0.4) is 0 Å². The molecule has 1 atom stereocenters. The molecule has 1 aliphatic rings. The first-order valence-electron chi connectivity index (χ1n) is 5.95. The fourth-order valence-corrected chi connectivity index (χ4v) is 1.89. The van der Waals surface area contributed by atoms with Crippen LogP contribution in [0.4, 0.5) is 0 Å². The fourth-order valence-electron chi connectivity index (χ4n) is 1.89. The van der Waals surface area contributed by atoms with Crippen molar-refractivity contribution in [1.82, 2.24) is 4.98 Å². The van der Waals surface area contributed by atoms with E-state index in [0.29, 0.717) is 17.5 Å². The lowest BCUT2D eigenvalue weighted by atomic mass is 9.98. The maximum absolute atomic E-state index is 11.5. The molecule has 1 aliphatic heterocycles. The highest BCUT2D eigenvalue weighted by atomic mass is 16.6. The Kier molecular flexibility index (Phi) is 3.89. The summed E-state index contributed by atoms with van der Waals surface area (Å²) in [4.78, 5) is 37.8. The SMILES string of the molecule is CCOC(=O)c1cncc(CC2CC(=O)OC2=O)c1. The van der Waals surface area contributed by atoms with Crippen LogP contribution in [-0.4, -0.2) is 29.5 Å². The molecule has 0 bridgehead atoms. The fraction of sp³-hybridized carbons (Fsp3) is 0.385. The highest BCUT2D eigenvalue weighted by molar-refractivity contribution is 5.94. The molecule has 2 rings (SSSR count). The van der Waals surface area contributed by atoms with Crippen LogP contribution in [0.15, 0.2) is 18.5 Å². The van der Waals surface area contributed by atoms with Crippen molar-refractivity contribution < 1.29 is 23.9 Å². The van der Waals surface area contributed by atoms with Gasteiger partial charge in [-0.2, -0.15) is 0 Å². The van der Waals surface area contributed by atoms with Crippen LogP contribution in [-0.2, 0) is 25.5 Å². The molecular formula is C13H13NO5. The second kappa shape index (κ2) is 5.60. The Morgan fingerprint density at radius 2 is 2.26 bits per heavy atom. The molecule has 19 heavy (non-hydrogen) atoms. The first-order chi connectivity index (χ1) is 9.10. The average molecular weight is 263 g/mol. The molecule has 6 nitrogen and oxygen atoms in total. The van der Waals surface area contributed by atoms with Gasteiger partial charge in [-0.15, -0.1) is 0 Å². The molecule has 0 amide bonds. The number of nitrogens with zero attached hydrogens (tertiary/aromatic N) is 1. The van der Waals surface area contributed by atoms with Gasteiger partial charge in [-0.3, -0.25) is 14.6 Å².